The van der Waals surface area contributed by atoms with Gasteiger partial charge in [0, 0.05) is 24.3 Å². The van der Waals surface area contributed by atoms with E-state index in [4.69, 9.17) is 15.7 Å². The Morgan fingerprint density at radius 2 is 1.86 bits per heavy atom. The molecular formula is C22H31N7. The Labute approximate surface area is 172 Å². The molecule has 2 heterocycles. The minimum Gasteiger partial charge on any atom is -0.351 e. The highest BCUT2D eigenvalue weighted by molar-refractivity contribution is 5.86. The summed E-state index contributed by atoms with van der Waals surface area (Å²) in [5.74, 6) is 2.02. The van der Waals surface area contributed by atoms with Gasteiger partial charge < -0.3 is 20.9 Å². The van der Waals surface area contributed by atoms with Gasteiger partial charge in [0.1, 0.15) is 0 Å². The van der Waals surface area contributed by atoms with Crippen LogP contribution in [-0.4, -0.2) is 31.6 Å². The van der Waals surface area contributed by atoms with Crippen LogP contribution < -0.4 is 16.4 Å². The molecule has 2 aromatic heterocycles. The van der Waals surface area contributed by atoms with Crippen molar-refractivity contribution in [3.8, 4) is 0 Å². The van der Waals surface area contributed by atoms with Crippen molar-refractivity contribution in [1.82, 2.24) is 19.5 Å². The van der Waals surface area contributed by atoms with E-state index in [9.17, 15) is 0 Å². The molecule has 0 unspecified atom stereocenters. The van der Waals surface area contributed by atoms with E-state index in [-0.39, 0.29) is 0 Å². The molecule has 4 N–H and O–H groups in total. The van der Waals surface area contributed by atoms with Crippen LogP contribution in [0.25, 0.3) is 11.2 Å². The maximum Gasteiger partial charge on any atom is 0.227 e. The second kappa shape index (κ2) is 8.78. The summed E-state index contributed by atoms with van der Waals surface area (Å²) < 4.78 is 2.13. The van der Waals surface area contributed by atoms with Crippen molar-refractivity contribution in [2.75, 3.05) is 10.6 Å². The fourth-order valence-corrected chi connectivity index (χ4v) is 3.76. The Hall–Kier alpha value is -2.67. The molecular weight excluding hydrogens is 362 g/mol. The van der Waals surface area contributed by atoms with Gasteiger partial charge in [-0.1, -0.05) is 32.0 Å². The number of hydrogen-bond acceptors (Lipinski definition) is 6. The molecule has 1 saturated carbocycles. The zero-order valence-electron chi connectivity index (χ0n) is 17.3. The molecule has 0 amide bonds. The highest BCUT2D eigenvalue weighted by atomic mass is 15.2. The second-order valence-corrected chi connectivity index (χ2v) is 8.44. The van der Waals surface area contributed by atoms with E-state index in [0.717, 1.165) is 61.3 Å². The fourth-order valence-electron chi connectivity index (χ4n) is 3.76. The second-order valence-electron chi connectivity index (χ2n) is 8.44. The number of aryl methyl sites for hydroxylation is 1. The van der Waals surface area contributed by atoms with Crippen molar-refractivity contribution >= 4 is 28.6 Å². The number of anilines is 3. The van der Waals surface area contributed by atoms with Crippen molar-refractivity contribution in [1.29, 1.82) is 0 Å². The number of rotatable bonds is 7. The van der Waals surface area contributed by atoms with Gasteiger partial charge in [0.15, 0.2) is 17.0 Å². The van der Waals surface area contributed by atoms with Gasteiger partial charge in [0.25, 0.3) is 0 Å². The van der Waals surface area contributed by atoms with Crippen molar-refractivity contribution in [3.05, 3.63) is 36.7 Å². The van der Waals surface area contributed by atoms with Crippen molar-refractivity contribution in [2.45, 2.75) is 64.6 Å². The molecule has 1 fully saturated rings. The highest BCUT2D eigenvalue weighted by Crippen LogP contribution is 2.26. The molecule has 154 valence electrons. The summed E-state index contributed by atoms with van der Waals surface area (Å²) in [6.07, 6.45) is 7.15. The van der Waals surface area contributed by atoms with Crippen LogP contribution >= 0.6 is 0 Å². The SMILES string of the molecule is CC(C)CCn1cnc2c(Nc3ccccc3)nc(NC3CCC(N)CC3)nc21. The summed E-state index contributed by atoms with van der Waals surface area (Å²) in [4.78, 5) is 14.2. The van der Waals surface area contributed by atoms with Gasteiger partial charge in [-0.2, -0.15) is 9.97 Å². The number of fused-ring (bicyclic) bond motifs is 1. The van der Waals surface area contributed by atoms with Gasteiger partial charge >= 0.3 is 0 Å². The smallest absolute Gasteiger partial charge is 0.227 e. The molecule has 1 aliphatic carbocycles. The zero-order chi connectivity index (χ0) is 20.2. The van der Waals surface area contributed by atoms with Crippen molar-refractivity contribution < 1.29 is 0 Å². The lowest BCUT2D eigenvalue weighted by Gasteiger charge is -2.26. The molecule has 7 nitrogen and oxygen atoms in total. The van der Waals surface area contributed by atoms with Crippen LogP contribution in [0.3, 0.4) is 0 Å². The van der Waals surface area contributed by atoms with Crippen molar-refractivity contribution in [2.24, 2.45) is 11.7 Å². The number of imidazole rings is 1. The van der Waals surface area contributed by atoms with Gasteiger partial charge in [0.05, 0.1) is 6.33 Å². The first kappa shape index (κ1) is 19.6. The molecule has 0 spiro atoms. The van der Waals surface area contributed by atoms with Crippen LogP contribution in [-0.2, 0) is 6.54 Å². The third-order valence-electron chi connectivity index (χ3n) is 5.55. The lowest BCUT2D eigenvalue weighted by molar-refractivity contribution is 0.410. The number of nitrogens with one attached hydrogen (secondary N) is 2. The van der Waals surface area contributed by atoms with Crippen LogP contribution in [0.1, 0.15) is 46.0 Å². The van der Waals surface area contributed by atoms with Crippen LogP contribution in [0.2, 0.25) is 0 Å². The number of benzene rings is 1. The summed E-state index contributed by atoms with van der Waals surface area (Å²) in [7, 11) is 0. The van der Waals surface area contributed by atoms with Gasteiger partial charge in [-0.25, -0.2) is 4.98 Å². The molecule has 0 atom stereocenters. The molecule has 0 radical (unpaired) electrons. The lowest BCUT2D eigenvalue weighted by Crippen LogP contribution is -2.33. The number of aromatic nitrogens is 4. The molecule has 0 saturated heterocycles. The van der Waals surface area contributed by atoms with Gasteiger partial charge in [0.2, 0.25) is 5.95 Å². The summed E-state index contributed by atoms with van der Waals surface area (Å²) in [6.45, 7) is 5.36. The summed E-state index contributed by atoms with van der Waals surface area (Å²) in [5.41, 5.74) is 8.71. The first-order valence-electron chi connectivity index (χ1n) is 10.7. The average molecular weight is 394 g/mol. The third-order valence-corrected chi connectivity index (χ3v) is 5.55. The topological polar surface area (TPSA) is 93.7 Å². The average Bonchev–Trinajstić information content (AvgIpc) is 3.12. The fraction of sp³-hybridized carbons (Fsp3) is 0.500. The van der Waals surface area contributed by atoms with Crippen molar-refractivity contribution in [3.63, 3.8) is 0 Å². The van der Waals surface area contributed by atoms with Crippen LogP contribution in [0.4, 0.5) is 17.5 Å². The minimum atomic E-state index is 0.323. The standard InChI is InChI=1S/C22H31N7/c1-15(2)12-13-29-14-24-19-20(25-17-6-4-3-5-7-17)27-22(28-21(19)29)26-18-10-8-16(23)9-11-18/h3-7,14-16,18H,8-13,23H2,1-2H3,(H2,25,26,27,28). The van der Waals surface area contributed by atoms with E-state index in [1.54, 1.807) is 0 Å². The highest BCUT2D eigenvalue weighted by Gasteiger charge is 2.21. The van der Waals surface area contributed by atoms with E-state index in [1.165, 1.54) is 0 Å². The van der Waals surface area contributed by atoms with E-state index in [1.807, 2.05) is 36.7 Å². The first-order valence-corrected chi connectivity index (χ1v) is 10.7. The molecule has 0 aliphatic heterocycles. The quantitative estimate of drug-likeness (QED) is 0.554. The van der Waals surface area contributed by atoms with E-state index in [2.05, 4.69) is 34.0 Å². The van der Waals surface area contributed by atoms with E-state index < -0.39 is 0 Å². The summed E-state index contributed by atoms with van der Waals surface area (Å²) in [5, 5.41) is 6.97. The molecule has 7 heteroatoms. The van der Waals surface area contributed by atoms with Gasteiger partial charge in [-0.15, -0.1) is 0 Å². The Morgan fingerprint density at radius 3 is 2.59 bits per heavy atom. The Morgan fingerprint density at radius 1 is 1.10 bits per heavy atom. The maximum atomic E-state index is 6.06. The molecule has 1 aliphatic rings. The third kappa shape index (κ3) is 4.85. The number of nitrogens with two attached hydrogens (primary N) is 1. The molecule has 1 aromatic carbocycles. The predicted molar refractivity (Wildman–Crippen MR) is 118 cm³/mol. The minimum absolute atomic E-state index is 0.323. The Kier molecular flexibility index (Phi) is 5.94. The summed E-state index contributed by atoms with van der Waals surface area (Å²) >= 11 is 0. The zero-order valence-corrected chi connectivity index (χ0v) is 17.3. The van der Waals surface area contributed by atoms with Gasteiger partial charge in [-0.05, 0) is 50.2 Å². The lowest BCUT2D eigenvalue weighted by atomic mass is 9.92. The van der Waals surface area contributed by atoms with Gasteiger partial charge in [-0.3, -0.25) is 0 Å². The molecule has 3 aromatic rings. The monoisotopic (exact) mass is 393 g/mol. The largest absolute Gasteiger partial charge is 0.351 e. The van der Waals surface area contributed by atoms with E-state index in [0.29, 0.717) is 23.9 Å². The molecule has 4 rings (SSSR count). The molecule has 0 bridgehead atoms. The maximum absolute atomic E-state index is 6.06. The Balaban J connectivity index is 1.65. The predicted octanol–water partition coefficient (Wildman–Crippen LogP) is 4.30. The Bertz CT molecular complexity index is 927. The summed E-state index contributed by atoms with van der Waals surface area (Å²) in [6, 6.07) is 10.8. The van der Waals surface area contributed by atoms with Crippen LogP contribution in [0.15, 0.2) is 36.7 Å². The van der Waals surface area contributed by atoms with Crippen LogP contribution in [0, 0.1) is 5.92 Å². The number of nitrogens with zero attached hydrogens (tertiary/aromatic N) is 4. The number of hydrogen-bond donors (Lipinski definition) is 3. The van der Waals surface area contributed by atoms with Crippen LogP contribution in [0.5, 0.6) is 0 Å². The first-order chi connectivity index (χ1) is 14.1. The number of para-hydroxylation sites is 1. The van der Waals surface area contributed by atoms with E-state index >= 15 is 0 Å². The normalized spacial score (nSPS) is 19.6. The molecule has 29 heavy (non-hydrogen) atoms.